The van der Waals surface area contributed by atoms with Crippen molar-refractivity contribution < 1.29 is 13.2 Å². The van der Waals surface area contributed by atoms with Crippen LogP contribution in [0.2, 0.25) is 0 Å². The number of anilines is 1. The molecule has 0 saturated carbocycles. The number of aromatic nitrogens is 1. The van der Waals surface area contributed by atoms with Crippen LogP contribution in [0.3, 0.4) is 0 Å². The summed E-state index contributed by atoms with van der Waals surface area (Å²) in [6, 6.07) is 13.0. The average molecular weight is 471 g/mol. The summed E-state index contributed by atoms with van der Waals surface area (Å²) in [6.45, 7) is 3.71. The number of sulfonamides is 1. The summed E-state index contributed by atoms with van der Waals surface area (Å²) in [6.07, 6.45) is 2.94. The fraction of sp³-hybridized carbons (Fsp3) is 0.391. The number of nitrogens with zero attached hydrogens (tertiary/aromatic N) is 4. The second-order valence-corrected chi connectivity index (χ2v) is 11.1. The Balaban J connectivity index is 1.19. The molecule has 2 aromatic carbocycles. The fourth-order valence-electron chi connectivity index (χ4n) is 4.57. The van der Waals surface area contributed by atoms with Crippen molar-refractivity contribution in [3.63, 3.8) is 0 Å². The summed E-state index contributed by atoms with van der Waals surface area (Å²) in [4.78, 5) is 21.9. The predicted octanol–water partition coefficient (Wildman–Crippen LogP) is 3.05. The van der Waals surface area contributed by atoms with Crippen LogP contribution < -0.4 is 4.90 Å². The van der Waals surface area contributed by atoms with Crippen molar-refractivity contribution in [2.75, 3.05) is 44.2 Å². The molecule has 7 nitrogen and oxygen atoms in total. The van der Waals surface area contributed by atoms with E-state index < -0.39 is 10.0 Å². The first kappa shape index (κ1) is 21.4. The van der Waals surface area contributed by atoms with Crippen molar-refractivity contribution in [3.8, 4) is 0 Å². The Hall–Kier alpha value is -2.49. The lowest BCUT2D eigenvalue weighted by molar-refractivity contribution is -0.137. The number of amides is 1. The number of carbonyl (C=O) groups is 1. The summed E-state index contributed by atoms with van der Waals surface area (Å²) in [5.74, 6) is 0.0519. The highest BCUT2D eigenvalue weighted by molar-refractivity contribution is 7.89. The first-order valence-electron chi connectivity index (χ1n) is 10.9. The molecule has 0 bridgehead atoms. The number of piperidine rings is 1. The zero-order valence-corrected chi connectivity index (χ0v) is 19.4. The Morgan fingerprint density at radius 2 is 1.66 bits per heavy atom. The van der Waals surface area contributed by atoms with E-state index in [9.17, 15) is 13.2 Å². The molecular formula is C23H26N4O3S2. The second kappa shape index (κ2) is 8.80. The molecule has 168 valence electrons. The molecule has 0 spiro atoms. The van der Waals surface area contributed by atoms with Crippen LogP contribution in [0, 0.1) is 5.92 Å². The number of thiazole rings is 1. The van der Waals surface area contributed by atoms with E-state index in [0.717, 1.165) is 29.0 Å². The van der Waals surface area contributed by atoms with Gasteiger partial charge >= 0.3 is 0 Å². The first-order valence-corrected chi connectivity index (χ1v) is 13.3. The van der Waals surface area contributed by atoms with E-state index in [1.165, 1.54) is 4.31 Å². The van der Waals surface area contributed by atoms with Gasteiger partial charge in [0.1, 0.15) is 0 Å². The number of benzene rings is 2. The standard InChI is InChI=1S/C23H26N4O3S2/c28-22(25-12-14-26(15-13-25)23-24-9-16-31-23)19-7-10-27(11-8-19)32(29,30)21-6-5-18-3-1-2-4-20(18)17-21/h1-6,9,16-17,19H,7-8,10-15H2. The van der Waals surface area contributed by atoms with E-state index in [1.54, 1.807) is 29.7 Å². The van der Waals surface area contributed by atoms with Gasteiger partial charge in [-0.25, -0.2) is 13.4 Å². The van der Waals surface area contributed by atoms with Gasteiger partial charge in [0.15, 0.2) is 5.13 Å². The zero-order chi connectivity index (χ0) is 22.1. The Kier molecular flexibility index (Phi) is 5.88. The van der Waals surface area contributed by atoms with Gasteiger partial charge in [-0.05, 0) is 35.7 Å². The van der Waals surface area contributed by atoms with E-state index >= 15 is 0 Å². The van der Waals surface area contributed by atoms with Crippen LogP contribution in [0.1, 0.15) is 12.8 Å². The number of hydrogen-bond acceptors (Lipinski definition) is 6. The molecule has 2 aliphatic rings. The first-order chi connectivity index (χ1) is 15.5. The molecule has 0 radical (unpaired) electrons. The predicted molar refractivity (Wildman–Crippen MR) is 126 cm³/mol. The van der Waals surface area contributed by atoms with Crippen molar-refractivity contribution in [3.05, 3.63) is 54.0 Å². The quantitative estimate of drug-likeness (QED) is 0.586. The van der Waals surface area contributed by atoms with E-state index in [4.69, 9.17) is 0 Å². The topological polar surface area (TPSA) is 73.8 Å². The van der Waals surface area contributed by atoms with Crippen molar-refractivity contribution in [1.82, 2.24) is 14.2 Å². The van der Waals surface area contributed by atoms with Crippen LogP contribution in [0.15, 0.2) is 58.9 Å². The largest absolute Gasteiger partial charge is 0.345 e. The molecule has 3 aromatic rings. The highest BCUT2D eigenvalue weighted by Crippen LogP contribution is 2.28. The molecule has 32 heavy (non-hydrogen) atoms. The van der Waals surface area contributed by atoms with Crippen molar-refractivity contribution in [2.45, 2.75) is 17.7 Å². The maximum atomic E-state index is 13.2. The van der Waals surface area contributed by atoms with Gasteiger partial charge in [0.05, 0.1) is 4.90 Å². The molecule has 3 heterocycles. The van der Waals surface area contributed by atoms with Crippen LogP contribution in [-0.2, 0) is 14.8 Å². The van der Waals surface area contributed by atoms with E-state index in [-0.39, 0.29) is 11.8 Å². The van der Waals surface area contributed by atoms with E-state index in [2.05, 4.69) is 9.88 Å². The molecule has 0 aliphatic carbocycles. The monoisotopic (exact) mass is 470 g/mol. The maximum Gasteiger partial charge on any atom is 0.243 e. The van der Waals surface area contributed by atoms with E-state index in [0.29, 0.717) is 43.9 Å². The van der Waals surface area contributed by atoms with Gasteiger partial charge in [0.2, 0.25) is 15.9 Å². The highest BCUT2D eigenvalue weighted by atomic mass is 32.2. The van der Waals surface area contributed by atoms with Gasteiger partial charge in [-0.15, -0.1) is 11.3 Å². The van der Waals surface area contributed by atoms with Crippen LogP contribution >= 0.6 is 11.3 Å². The van der Waals surface area contributed by atoms with Gasteiger partial charge in [-0.3, -0.25) is 4.79 Å². The van der Waals surface area contributed by atoms with Gasteiger partial charge in [-0.2, -0.15) is 4.31 Å². The molecule has 0 atom stereocenters. The molecule has 0 unspecified atom stereocenters. The van der Waals surface area contributed by atoms with Crippen molar-refractivity contribution in [2.24, 2.45) is 5.92 Å². The SMILES string of the molecule is O=C(C1CCN(S(=O)(=O)c2ccc3ccccc3c2)CC1)N1CCN(c2nccs2)CC1. The molecule has 9 heteroatoms. The lowest BCUT2D eigenvalue weighted by Crippen LogP contribution is -2.52. The summed E-state index contributed by atoms with van der Waals surface area (Å²) in [5.41, 5.74) is 0. The molecule has 1 amide bonds. The number of carbonyl (C=O) groups excluding carboxylic acids is 1. The molecule has 2 aliphatic heterocycles. The molecule has 0 N–H and O–H groups in total. The zero-order valence-electron chi connectivity index (χ0n) is 17.8. The summed E-state index contributed by atoms with van der Waals surface area (Å²) in [7, 11) is -3.56. The highest BCUT2D eigenvalue weighted by Gasteiger charge is 2.34. The van der Waals surface area contributed by atoms with Gasteiger partial charge < -0.3 is 9.80 Å². The smallest absolute Gasteiger partial charge is 0.243 e. The Labute approximate surface area is 192 Å². The number of rotatable bonds is 4. The van der Waals surface area contributed by atoms with E-state index in [1.807, 2.05) is 40.6 Å². The van der Waals surface area contributed by atoms with Crippen LogP contribution in [0.5, 0.6) is 0 Å². The second-order valence-electron chi connectivity index (χ2n) is 8.31. The summed E-state index contributed by atoms with van der Waals surface area (Å²) >= 11 is 1.62. The lowest BCUT2D eigenvalue weighted by Gasteiger charge is -2.38. The average Bonchev–Trinajstić information content (AvgIpc) is 3.38. The summed E-state index contributed by atoms with van der Waals surface area (Å²) in [5, 5.41) is 4.90. The minimum atomic E-state index is -3.56. The Morgan fingerprint density at radius 1 is 0.938 bits per heavy atom. The fourth-order valence-corrected chi connectivity index (χ4v) is 6.77. The number of hydrogen-bond donors (Lipinski definition) is 0. The third-order valence-electron chi connectivity index (χ3n) is 6.44. The third-order valence-corrected chi connectivity index (χ3v) is 9.17. The van der Waals surface area contributed by atoms with Gasteiger partial charge in [-0.1, -0.05) is 30.3 Å². The molecule has 2 saturated heterocycles. The molecule has 1 aromatic heterocycles. The van der Waals surface area contributed by atoms with Crippen LogP contribution in [0.25, 0.3) is 10.8 Å². The third kappa shape index (κ3) is 4.12. The minimum Gasteiger partial charge on any atom is -0.345 e. The minimum absolute atomic E-state index is 0.107. The van der Waals surface area contributed by atoms with Crippen LogP contribution in [-0.4, -0.2) is 67.8 Å². The molecule has 2 fully saturated rings. The number of piperazine rings is 1. The normalized spacial score (nSPS) is 18.9. The molecular weight excluding hydrogens is 444 g/mol. The van der Waals surface area contributed by atoms with Gasteiger partial charge in [0, 0.05) is 56.8 Å². The van der Waals surface area contributed by atoms with Crippen molar-refractivity contribution >= 4 is 43.2 Å². The van der Waals surface area contributed by atoms with Gasteiger partial charge in [0.25, 0.3) is 0 Å². The Bertz CT molecular complexity index is 1200. The summed E-state index contributed by atoms with van der Waals surface area (Å²) < 4.78 is 27.9. The lowest BCUT2D eigenvalue weighted by atomic mass is 9.96. The Morgan fingerprint density at radius 3 is 2.34 bits per heavy atom. The maximum absolute atomic E-state index is 13.2. The molecule has 5 rings (SSSR count). The van der Waals surface area contributed by atoms with Crippen LogP contribution in [0.4, 0.5) is 5.13 Å². The number of fused-ring (bicyclic) bond motifs is 1. The van der Waals surface area contributed by atoms with Crippen molar-refractivity contribution in [1.29, 1.82) is 0 Å².